The molecule has 0 N–H and O–H groups in total. The predicted octanol–water partition coefficient (Wildman–Crippen LogP) is 0.545. The monoisotopic (exact) mass is 186 g/mol. The molecule has 0 aromatic heterocycles. The average molecular weight is 186 g/mol. The largest absolute Gasteiger partial charge is 0.466 e. The molecule has 1 fully saturated rings. The zero-order valence-corrected chi connectivity index (χ0v) is 7.75. The second-order valence-electron chi connectivity index (χ2n) is 3.01. The molecule has 0 spiro atoms. The Hall–Kier alpha value is -0.900. The topological polar surface area (TPSA) is 52.6 Å². The molecular formula is C9H14O4. The highest BCUT2D eigenvalue weighted by atomic mass is 16.5. The number of ether oxygens (including phenoxy) is 2. The van der Waals surface area contributed by atoms with Gasteiger partial charge in [-0.2, -0.15) is 0 Å². The molecule has 0 saturated carbocycles. The Bertz CT molecular complexity index is 194. The van der Waals surface area contributed by atoms with E-state index in [-0.39, 0.29) is 18.1 Å². The zero-order valence-electron chi connectivity index (χ0n) is 7.75. The van der Waals surface area contributed by atoms with E-state index < -0.39 is 5.97 Å². The van der Waals surface area contributed by atoms with Crippen molar-refractivity contribution in [2.45, 2.75) is 19.8 Å². The van der Waals surface area contributed by atoms with Gasteiger partial charge in [-0.25, -0.2) is 0 Å². The zero-order chi connectivity index (χ0) is 9.68. The molecule has 1 aliphatic heterocycles. The molecule has 13 heavy (non-hydrogen) atoms. The van der Waals surface area contributed by atoms with E-state index in [1.54, 1.807) is 6.92 Å². The van der Waals surface area contributed by atoms with Crippen LogP contribution in [0.4, 0.5) is 0 Å². The van der Waals surface area contributed by atoms with Crippen molar-refractivity contribution in [2.75, 3.05) is 19.8 Å². The fraction of sp³-hybridized carbons (Fsp3) is 0.778. The number of rotatable bonds is 4. The van der Waals surface area contributed by atoms with Crippen LogP contribution in [0.1, 0.15) is 19.8 Å². The Balaban J connectivity index is 2.27. The van der Waals surface area contributed by atoms with E-state index in [1.165, 1.54) is 0 Å². The van der Waals surface area contributed by atoms with Gasteiger partial charge in [0.1, 0.15) is 12.2 Å². The highest BCUT2D eigenvalue weighted by Crippen LogP contribution is 2.15. The predicted molar refractivity (Wildman–Crippen MR) is 45.2 cm³/mol. The lowest BCUT2D eigenvalue weighted by molar-refractivity contribution is -0.146. The molecule has 0 radical (unpaired) electrons. The van der Waals surface area contributed by atoms with E-state index >= 15 is 0 Å². The van der Waals surface area contributed by atoms with E-state index in [2.05, 4.69) is 4.74 Å². The van der Waals surface area contributed by atoms with E-state index in [4.69, 9.17) is 4.74 Å². The van der Waals surface area contributed by atoms with Crippen LogP contribution in [0.2, 0.25) is 0 Å². The van der Waals surface area contributed by atoms with Crippen molar-refractivity contribution in [3.63, 3.8) is 0 Å². The SMILES string of the molecule is CCOC(=O)CC(=O)C1CCOC1. The first-order chi connectivity index (χ1) is 6.24. The van der Waals surface area contributed by atoms with Crippen molar-refractivity contribution >= 4 is 11.8 Å². The Morgan fingerprint density at radius 1 is 1.54 bits per heavy atom. The first-order valence-corrected chi connectivity index (χ1v) is 4.50. The van der Waals surface area contributed by atoms with Gasteiger partial charge in [-0.05, 0) is 13.3 Å². The van der Waals surface area contributed by atoms with Gasteiger partial charge >= 0.3 is 5.97 Å². The van der Waals surface area contributed by atoms with Crippen LogP contribution < -0.4 is 0 Å². The summed E-state index contributed by atoms with van der Waals surface area (Å²) in [4.78, 5) is 22.3. The van der Waals surface area contributed by atoms with Gasteiger partial charge in [0, 0.05) is 12.5 Å². The molecule has 1 heterocycles. The number of hydrogen-bond acceptors (Lipinski definition) is 4. The highest BCUT2D eigenvalue weighted by molar-refractivity contribution is 5.96. The van der Waals surface area contributed by atoms with Crippen molar-refractivity contribution in [3.05, 3.63) is 0 Å². The van der Waals surface area contributed by atoms with E-state index in [0.29, 0.717) is 19.8 Å². The summed E-state index contributed by atoms with van der Waals surface area (Å²) in [6, 6.07) is 0. The van der Waals surface area contributed by atoms with E-state index in [0.717, 1.165) is 6.42 Å². The lowest BCUT2D eigenvalue weighted by Gasteiger charge is -2.05. The number of Topliss-reactive ketones (excluding diaryl/α,β-unsaturated/α-hetero) is 1. The van der Waals surface area contributed by atoms with Gasteiger partial charge in [0.2, 0.25) is 0 Å². The molecule has 4 nitrogen and oxygen atoms in total. The molecule has 1 unspecified atom stereocenters. The summed E-state index contributed by atoms with van der Waals surface area (Å²) in [5.41, 5.74) is 0. The van der Waals surface area contributed by atoms with Crippen LogP contribution in [-0.2, 0) is 19.1 Å². The Kier molecular flexibility index (Phi) is 3.89. The molecule has 0 bridgehead atoms. The quantitative estimate of drug-likeness (QED) is 0.475. The second kappa shape index (κ2) is 4.97. The first kappa shape index (κ1) is 10.2. The Labute approximate surface area is 77.2 Å². The van der Waals surface area contributed by atoms with Crippen LogP contribution >= 0.6 is 0 Å². The summed E-state index contributed by atoms with van der Waals surface area (Å²) in [6.45, 7) is 3.13. The number of ketones is 1. The standard InChI is InChI=1S/C9H14O4/c1-2-13-9(11)5-8(10)7-3-4-12-6-7/h7H,2-6H2,1H3. The van der Waals surface area contributed by atoms with Crippen LogP contribution in [0.3, 0.4) is 0 Å². The van der Waals surface area contributed by atoms with Crippen molar-refractivity contribution < 1.29 is 19.1 Å². The van der Waals surface area contributed by atoms with Gasteiger partial charge in [0.05, 0.1) is 13.2 Å². The molecule has 1 atom stereocenters. The molecular weight excluding hydrogens is 172 g/mol. The fourth-order valence-electron chi connectivity index (χ4n) is 1.29. The summed E-state index contributed by atoms with van der Waals surface area (Å²) in [6.07, 6.45) is 0.625. The maximum atomic E-state index is 11.3. The molecule has 0 aromatic rings. The van der Waals surface area contributed by atoms with Gasteiger partial charge < -0.3 is 9.47 Å². The van der Waals surface area contributed by atoms with Gasteiger partial charge in [-0.1, -0.05) is 0 Å². The lowest BCUT2D eigenvalue weighted by Crippen LogP contribution is -2.19. The number of esters is 1. The third kappa shape index (κ3) is 3.14. The van der Waals surface area contributed by atoms with Gasteiger partial charge in [0.15, 0.2) is 0 Å². The summed E-state index contributed by atoms with van der Waals surface area (Å²) in [5.74, 6) is -0.584. The molecule has 74 valence electrons. The van der Waals surface area contributed by atoms with Crippen LogP contribution in [0, 0.1) is 5.92 Å². The van der Waals surface area contributed by atoms with Crippen molar-refractivity contribution in [1.29, 1.82) is 0 Å². The smallest absolute Gasteiger partial charge is 0.313 e. The highest BCUT2D eigenvalue weighted by Gasteiger charge is 2.25. The molecule has 0 amide bonds. The number of carbonyl (C=O) groups is 2. The Morgan fingerprint density at radius 3 is 2.85 bits per heavy atom. The summed E-state index contributed by atoms with van der Waals surface area (Å²) >= 11 is 0. The Morgan fingerprint density at radius 2 is 2.31 bits per heavy atom. The molecule has 4 heteroatoms. The van der Waals surface area contributed by atoms with Gasteiger partial charge in [-0.3, -0.25) is 9.59 Å². The number of carbonyl (C=O) groups excluding carboxylic acids is 2. The van der Waals surface area contributed by atoms with Gasteiger partial charge in [0.25, 0.3) is 0 Å². The molecule has 1 saturated heterocycles. The third-order valence-corrected chi connectivity index (χ3v) is 2.01. The maximum absolute atomic E-state index is 11.3. The minimum Gasteiger partial charge on any atom is -0.466 e. The lowest BCUT2D eigenvalue weighted by atomic mass is 10.0. The summed E-state index contributed by atoms with van der Waals surface area (Å²) in [5, 5.41) is 0. The average Bonchev–Trinajstić information content (AvgIpc) is 2.55. The summed E-state index contributed by atoms with van der Waals surface area (Å²) in [7, 11) is 0. The fourth-order valence-corrected chi connectivity index (χ4v) is 1.29. The van der Waals surface area contributed by atoms with Crippen molar-refractivity contribution in [3.8, 4) is 0 Å². The molecule has 1 rings (SSSR count). The molecule has 0 aromatic carbocycles. The van der Waals surface area contributed by atoms with Crippen LogP contribution in [0.5, 0.6) is 0 Å². The van der Waals surface area contributed by atoms with Crippen LogP contribution in [0.15, 0.2) is 0 Å². The molecule has 0 aliphatic carbocycles. The van der Waals surface area contributed by atoms with Crippen LogP contribution in [-0.4, -0.2) is 31.6 Å². The minimum atomic E-state index is -0.431. The normalized spacial score (nSPS) is 21.5. The van der Waals surface area contributed by atoms with E-state index in [1.807, 2.05) is 0 Å². The number of hydrogen-bond donors (Lipinski definition) is 0. The van der Waals surface area contributed by atoms with E-state index in [9.17, 15) is 9.59 Å². The van der Waals surface area contributed by atoms with Crippen molar-refractivity contribution in [1.82, 2.24) is 0 Å². The summed E-state index contributed by atoms with van der Waals surface area (Å²) < 4.78 is 9.72. The molecule has 1 aliphatic rings. The maximum Gasteiger partial charge on any atom is 0.313 e. The first-order valence-electron chi connectivity index (χ1n) is 4.50. The van der Waals surface area contributed by atoms with Crippen LogP contribution in [0.25, 0.3) is 0 Å². The third-order valence-electron chi connectivity index (χ3n) is 2.01. The minimum absolute atomic E-state index is 0.0593. The van der Waals surface area contributed by atoms with Crippen molar-refractivity contribution in [2.24, 2.45) is 5.92 Å². The van der Waals surface area contributed by atoms with Gasteiger partial charge in [-0.15, -0.1) is 0 Å². The second-order valence-corrected chi connectivity index (χ2v) is 3.01.